The number of ether oxygens (including phenoxy) is 1. The summed E-state index contributed by atoms with van der Waals surface area (Å²) in [7, 11) is 1.42. The molecule has 0 saturated heterocycles. The second kappa shape index (κ2) is 15.9. The summed E-state index contributed by atoms with van der Waals surface area (Å²) in [5, 5.41) is 18.5. The minimum Gasteiger partial charge on any atom is -0.479 e. The molecule has 7 heteroatoms. The van der Waals surface area contributed by atoms with Crippen LogP contribution in [0.15, 0.2) is 72.9 Å². The van der Waals surface area contributed by atoms with E-state index >= 15 is 0 Å². The second-order valence-corrected chi connectivity index (χ2v) is 10.5. The number of benzene rings is 2. The molecule has 2 aromatic carbocycles. The molecule has 1 aromatic heterocycles. The number of aryl methyl sites for hydroxylation is 2. The molecule has 0 aliphatic heterocycles. The van der Waals surface area contributed by atoms with E-state index < -0.39 is 23.3 Å². The molecule has 0 fully saturated rings. The van der Waals surface area contributed by atoms with Crippen LogP contribution in [0.1, 0.15) is 76.5 Å². The monoisotopic (exact) mass is 535 g/mol. The molecule has 6 nitrogen and oxygen atoms in total. The van der Waals surface area contributed by atoms with Gasteiger partial charge in [-0.15, -0.1) is 11.8 Å². The number of carboxylic acids is 2. The van der Waals surface area contributed by atoms with Crippen molar-refractivity contribution < 1.29 is 24.5 Å². The van der Waals surface area contributed by atoms with E-state index in [9.17, 15) is 14.7 Å². The number of pyridine rings is 1. The Morgan fingerprint density at radius 2 is 1.47 bits per heavy atom. The predicted octanol–water partition coefficient (Wildman–Crippen LogP) is 6.98. The Balaban J connectivity index is 1.55. The molecule has 2 N–H and O–H groups in total. The molecule has 2 atom stereocenters. The van der Waals surface area contributed by atoms with E-state index in [0.29, 0.717) is 5.75 Å². The van der Waals surface area contributed by atoms with Crippen molar-refractivity contribution in [2.45, 2.75) is 68.5 Å². The minimum atomic E-state index is -1.02. The van der Waals surface area contributed by atoms with Crippen molar-refractivity contribution in [1.29, 1.82) is 0 Å². The number of rotatable bonds is 17. The van der Waals surface area contributed by atoms with Crippen LogP contribution in [0.3, 0.4) is 0 Å². The topological polar surface area (TPSA) is 96.7 Å². The molecular formula is C31H37NO5S. The van der Waals surface area contributed by atoms with Gasteiger partial charge in [0.2, 0.25) is 0 Å². The highest BCUT2D eigenvalue weighted by molar-refractivity contribution is 7.98. The fourth-order valence-electron chi connectivity index (χ4n) is 4.52. The zero-order valence-electron chi connectivity index (χ0n) is 21.9. The summed E-state index contributed by atoms with van der Waals surface area (Å²) in [4.78, 5) is 27.8. The van der Waals surface area contributed by atoms with Crippen molar-refractivity contribution in [3.8, 4) is 0 Å². The highest BCUT2D eigenvalue weighted by atomic mass is 32.2. The molecule has 2 unspecified atom stereocenters. The lowest BCUT2D eigenvalue weighted by atomic mass is 10.00. The number of carbonyl (C=O) groups is 2. The van der Waals surface area contributed by atoms with E-state index in [1.165, 1.54) is 50.1 Å². The van der Waals surface area contributed by atoms with Crippen LogP contribution < -0.4 is 0 Å². The van der Waals surface area contributed by atoms with Crippen molar-refractivity contribution in [2.24, 2.45) is 0 Å². The maximum atomic E-state index is 12.0. The first-order chi connectivity index (χ1) is 18.5. The van der Waals surface area contributed by atoms with Gasteiger partial charge in [0.1, 0.15) is 0 Å². The van der Waals surface area contributed by atoms with Crippen LogP contribution in [0, 0.1) is 0 Å². The molecule has 3 aromatic rings. The van der Waals surface area contributed by atoms with Crippen molar-refractivity contribution in [3.63, 3.8) is 0 Å². The number of methoxy groups -OCH3 is 1. The highest BCUT2D eigenvalue weighted by Gasteiger charge is 2.31. The number of thioether (sulfide) groups is 1. The quantitative estimate of drug-likeness (QED) is 0.180. The van der Waals surface area contributed by atoms with E-state index in [0.717, 1.165) is 42.5 Å². The zero-order valence-corrected chi connectivity index (χ0v) is 22.7. The van der Waals surface area contributed by atoms with Crippen LogP contribution >= 0.6 is 11.8 Å². The molecule has 38 heavy (non-hydrogen) atoms. The molecular weight excluding hydrogens is 498 g/mol. The lowest BCUT2D eigenvalue weighted by Crippen LogP contribution is -2.29. The molecule has 0 saturated carbocycles. The van der Waals surface area contributed by atoms with Crippen LogP contribution in [-0.2, 0) is 28.1 Å². The van der Waals surface area contributed by atoms with Crippen molar-refractivity contribution >= 4 is 23.7 Å². The third kappa shape index (κ3) is 9.30. The lowest BCUT2D eigenvalue weighted by Gasteiger charge is -2.25. The fourth-order valence-corrected chi connectivity index (χ4v) is 5.88. The van der Waals surface area contributed by atoms with E-state index in [1.54, 1.807) is 30.5 Å². The summed E-state index contributed by atoms with van der Waals surface area (Å²) in [5.41, 5.74) is 4.34. The first-order valence-electron chi connectivity index (χ1n) is 13.2. The number of aliphatic carboxylic acids is 1. The van der Waals surface area contributed by atoms with Gasteiger partial charge >= 0.3 is 11.9 Å². The number of aromatic carboxylic acids is 1. The lowest BCUT2D eigenvalue weighted by molar-refractivity contribution is -0.148. The Labute approximate surface area is 229 Å². The smallest absolute Gasteiger partial charge is 0.335 e. The summed E-state index contributed by atoms with van der Waals surface area (Å²) in [6, 6.07) is 21.1. The Hall–Kier alpha value is -3.16. The summed E-state index contributed by atoms with van der Waals surface area (Å²) >= 11 is 1.47. The number of hydrogen-bond donors (Lipinski definition) is 2. The van der Waals surface area contributed by atoms with E-state index in [-0.39, 0.29) is 5.56 Å². The zero-order chi connectivity index (χ0) is 27.2. The third-order valence-electron chi connectivity index (χ3n) is 6.61. The Morgan fingerprint density at radius 3 is 2.11 bits per heavy atom. The second-order valence-electron chi connectivity index (χ2n) is 9.37. The Bertz CT molecular complexity index is 1140. The molecule has 0 amide bonds. The summed E-state index contributed by atoms with van der Waals surface area (Å²) < 4.78 is 5.41. The van der Waals surface area contributed by atoms with Crippen LogP contribution in [0.25, 0.3) is 0 Å². The summed E-state index contributed by atoms with van der Waals surface area (Å²) in [6.07, 6.45) is 9.60. The number of hydrogen-bond acceptors (Lipinski definition) is 5. The summed E-state index contributed by atoms with van der Waals surface area (Å²) in [5.74, 6) is -1.47. The molecule has 0 aliphatic carbocycles. The number of nitrogens with zero attached hydrogens (tertiary/aromatic N) is 1. The van der Waals surface area contributed by atoms with Gasteiger partial charge in [-0.2, -0.15) is 0 Å². The van der Waals surface area contributed by atoms with Gasteiger partial charge < -0.3 is 14.9 Å². The maximum Gasteiger partial charge on any atom is 0.335 e. The number of aromatic nitrogens is 1. The number of carboxylic acid groups (broad SMARTS) is 2. The first-order valence-corrected chi connectivity index (χ1v) is 14.2. The van der Waals surface area contributed by atoms with E-state index in [2.05, 4.69) is 35.3 Å². The van der Waals surface area contributed by atoms with Gasteiger partial charge in [0.15, 0.2) is 6.10 Å². The van der Waals surface area contributed by atoms with Gasteiger partial charge in [-0.1, -0.05) is 74.2 Å². The van der Waals surface area contributed by atoms with Gasteiger partial charge in [-0.25, -0.2) is 9.59 Å². The molecule has 0 radical (unpaired) electrons. The Morgan fingerprint density at radius 1 is 0.816 bits per heavy atom. The van der Waals surface area contributed by atoms with Crippen molar-refractivity contribution in [1.82, 2.24) is 4.98 Å². The standard InChI is InChI=1S/C31H37NO5S/c1-37-28(31(35)36)29(38-22-24-17-19-25(20-18-24)30(33)34)26-15-11-21-32-27(26)16-10-5-3-2-4-7-12-23-13-8-6-9-14-23/h6,8-9,11,13-15,17-21,28-29H,2-5,7,10,12,16,22H2,1H3,(H,33,34)(H,35,36). The van der Waals surface area contributed by atoms with Crippen molar-refractivity contribution in [2.75, 3.05) is 7.11 Å². The van der Waals surface area contributed by atoms with E-state index in [4.69, 9.17) is 9.84 Å². The Kier molecular flexibility index (Phi) is 12.3. The van der Waals surface area contributed by atoms with Gasteiger partial charge in [-0.05, 0) is 60.6 Å². The average Bonchev–Trinajstić information content (AvgIpc) is 2.93. The van der Waals surface area contributed by atoms with Crippen LogP contribution in [0.5, 0.6) is 0 Å². The minimum absolute atomic E-state index is 0.223. The predicted molar refractivity (Wildman–Crippen MR) is 152 cm³/mol. The SMILES string of the molecule is COC(C(=O)O)C(SCc1ccc(C(=O)O)cc1)c1cccnc1CCCCCCCCc1ccccc1. The molecule has 0 aliphatic rings. The summed E-state index contributed by atoms with van der Waals surface area (Å²) in [6.45, 7) is 0. The normalized spacial score (nSPS) is 12.7. The molecule has 1 heterocycles. The van der Waals surface area contributed by atoms with Crippen LogP contribution in [0.2, 0.25) is 0 Å². The average molecular weight is 536 g/mol. The van der Waals surface area contributed by atoms with Gasteiger partial charge in [0.05, 0.1) is 10.8 Å². The van der Waals surface area contributed by atoms with E-state index in [1.807, 2.05) is 12.1 Å². The molecule has 0 spiro atoms. The van der Waals surface area contributed by atoms with Gasteiger partial charge in [0.25, 0.3) is 0 Å². The van der Waals surface area contributed by atoms with Crippen LogP contribution in [0.4, 0.5) is 0 Å². The maximum absolute atomic E-state index is 12.0. The molecule has 202 valence electrons. The van der Waals surface area contributed by atoms with Gasteiger partial charge in [-0.3, -0.25) is 4.98 Å². The molecule has 3 rings (SSSR count). The third-order valence-corrected chi connectivity index (χ3v) is 7.97. The fraction of sp³-hybridized carbons (Fsp3) is 0.387. The number of unbranched alkanes of at least 4 members (excludes halogenated alkanes) is 5. The first kappa shape index (κ1) is 29.4. The van der Waals surface area contributed by atoms with Crippen molar-refractivity contribution in [3.05, 3.63) is 101 Å². The van der Waals surface area contributed by atoms with Crippen LogP contribution in [-0.4, -0.2) is 40.3 Å². The highest BCUT2D eigenvalue weighted by Crippen LogP contribution is 2.38. The van der Waals surface area contributed by atoms with Gasteiger partial charge in [0, 0.05) is 24.8 Å². The molecule has 0 bridgehead atoms. The largest absolute Gasteiger partial charge is 0.479 e.